The van der Waals surface area contributed by atoms with Crippen LogP contribution in [0.4, 0.5) is 5.69 Å². The van der Waals surface area contributed by atoms with Gasteiger partial charge in [0.2, 0.25) is 0 Å². The van der Waals surface area contributed by atoms with Crippen LogP contribution in [-0.4, -0.2) is 7.11 Å². The van der Waals surface area contributed by atoms with Gasteiger partial charge in [0.25, 0.3) is 0 Å². The zero-order valence-corrected chi connectivity index (χ0v) is 10.2. The quantitative estimate of drug-likeness (QED) is 0.705. The van der Waals surface area contributed by atoms with Crippen molar-refractivity contribution in [1.82, 2.24) is 0 Å². The van der Waals surface area contributed by atoms with Crippen molar-refractivity contribution in [2.24, 2.45) is 0 Å². The highest BCUT2D eigenvalue weighted by atomic mass is 16.7. The summed E-state index contributed by atoms with van der Waals surface area (Å²) in [6, 6.07) is 16.2. The molecule has 0 saturated carbocycles. The van der Waals surface area contributed by atoms with Gasteiger partial charge in [0.05, 0.1) is 24.9 Å². The van der Waals surface area contributed by atoms with E-state index in [1.54, 1.807) is 7.11 Å². The van der Waals surface area contributed by atoms with Crippen LogP contribution in [0.25, 0.3) is 0 Å². The van der Waals surface area contributed by atoms with Crippen LogP contribution in [0.3, 0.4) is 0 Å². The van der Waals surface area contributed by atoms with Crippen molar-refractivity contribution < 1.29 is 4.84 Å². The molecule has 0 radical (unpaired) electrons. The van der Waals surface area contributed by atoms with Gasteiger partial charge in [0.15, 0.2) is 0 Å². The summed E-state index contributed by atoms with van der Waals surface area (Å²) in [5, 5.41) is 1.88. The lowest BCUT2D eigenvalue weighted by Crippen LogP contribution is -2.23. The van der Waals surface area contributed by atoms with Gasteiger partial charge < -0.3 is 0 Å². The first-order valence-electron chi connectivity index (χ1n) is 5.89. The van der Waals surface area contributed by atoms with Gasteiger partial charge in [0.1, 0.15) is 0 Å². The standard InChI is InChI=1S/C16H13NO/c1-18-17-12-15-8-3-2-6-13(15)10-11-14-7-4-5-9-16(14)17/h2-9H,12H2,1H3. The molecule has 0 unspecified atom stereocenters. The topological polar surface area (TPSA) is 12.5 Å². The lowest BCUT2D eigenvalue weighted by atomic mass is 10.0. The van der Waals surface area contributed by atoms with E-state index >= 15 is 0 Å². The summed E-state index contributed by atoms with van der Waals surface area (Å²) in [5.41, 5.74) is 4.26. The van der Waals surface area contributed by atoms with Crippen molar-refractivity contribution in [2.45, 2.75) is 6.54 Å². The molecule has 2 aromatic rings. The number of nitrogens with zero attached hydrogens (tertiary/aromatic N) is 1. The predicted molar refractivity (Wildman–Crippen MR) is 72.1 cm³/mol. The van der Waals surface area contributed by atoms with Crippen LogP contribution in [0.5, 0.6) is 0 Å². The summed E-state index contributed by atoms with van der Waals surface area (Å²) >= 11 is 0. The molecular formula is C16H13NO. The second-order valence-corrected chi connectivity index (χ2v) is 4.14. The molecule has 0 bridgehead atoms. The maximum absolute atomic E-state index is 5.48. The van der Waals surface area contributed by atoms with Crippen LogP contribution >= 0.6 is 0 Å². The number of rotatable bonds is 1. The van der Waals surface area contributed by atoms with Crippen molar-refractivity contribution in [3.63, 3.8) is 0 Å². The normalized spacial score (nSPS) is 12.6. The number of fused-ring (bicyclic) bond motifs is 2. The van der Waals surface area contributed by atoms with E-state index in [-0.39, 0.29) is 0 Å². The van der Waals surface area contributed by atoms with Gasteiger partial charge in [-0.2, -0.15) is 0 Å². The molecule has 1 heterocycles. The minimum Gasteiger partial charge on any atom is -0.276 e. The average Bonchev–Trinajstić information content (AvgIpc) is 2.41. The minimum atomic E-state index is 0.707. The lowest BCUT2D eigenvalue weighted by Gasteiger charge is -2.24. The first-order valence-corrected chi connectivity index (χ1v) is 5.89. The molecular weight excluding hydrogens is 222 g/mol. The van der Waals surface area contributed by atoms with Crippen LogP contribution in [0.15, 0.2) is 48.5 Å². The molecule has 88 valence electrons. The lowest BCUT2D eigenvalue weighted by molar-refractivity contribution is 0.162. The van der Waals surface area contributed by atoms with Crippen molar-refractivity contribution in [3.05, 3.63) is 65.2 Å². The number of anilines is 1. The summed E-state index contributed by atoms with van der Waals surface area (Å²) in [4.78, 5) is 5.48. The summed E-state index contributed by atoms with van der Waals surface area (Å²) in [7, 11) is 1.69. The Morgan fingerprint density at radius 1 is 0.944 bits per heavy atom. The van der Waals surface area contributed by atoms with Crippen molar-refractivity contribution >= 4 is 5.69 Å². The Morgan fingerprint density at radius 2 is 1.61 bits per heavy atom. The number of hydrogen-bond acceptors (Lipinski definition) is 2. The molecule has 1 aliphatic rings. The van der Waals surface area contributed by atoms with E-state index in [2.05, 4.69) is 17.9 Å². The van der Waals surface area contributed by atoms with Gasteiger partial charge in [-0.1, -0.05) is 42.2 Å². The summed E-state index contributed by atoms with van der Waals surface area (Å²) in [6.45, 7) is 0.707. The SMILES string of the molecule is CON1Cc2ccccc2C#Cc2ccccc21. The van der Waals surface area contributed by atoms with Gasteiger partial charge >= 0.3 is 0 Å². The third kappa shape index (κ3) is 1.85. The van der Waals surface area contributed by atoms with E-state index in [1.165, 1.54) is 5.56 Å². The highest BCUT2D eigenvalue weighted by Gasteiger charge is 2.13. The predicted octanol–water partition coefficient (Wildman–Crippen LogP) is 2.97. The Morgan fingerprint density at radius 3 is 2.44 bits per heavy atom. The van der Waals surface area contributed by atoms with E-state index < -0.39 is 0 Å². The zero-order chi connectivity index (χ0) is 12.4. The molecule has 0 N–H and O–H groups in total. The fraction of sp³-hybridized carbons (Fsp3) is 0.125. The monoisotopic (exact) mass is 235 g/mol. The van der Waals surface area contributed by atoms with Crippen LogP contribution in [0.1, 0.15) is 16.7 Å². The van der Waals surface area contributed by atoms with E-state index in [1.807, 2.05) is 47.5 Å². The summed E-state index contributed by atoms with van der Waals surface area (Å²) in [5.74, 6) is 6.45. The summed E-state index contributed by atoms with van der Waals surface area (Å²) < 4.78 is 0. The Hall–Kier alpha value is -2.24. The van der Waals surface area contributed by atoms with Crippen LogP contribution < -0.4 is 5.06 Å². The molecule has 0 atom stereocenters. The minimum absolute atomic E-state index is 0.707. The van der Waals surface area contributed by atoms with E-state index in [4.69, 9.17) is 4.84 Å². The molecule has 2 aromatic carbocycles. The Bertz CT molecular complexity index is 637. The second kappa shape index (κ2) is 4.56. The molecule has 0 aromatic heterocycles. The van der Waals surface area contributed by atoms with Gasteiger partial charge in [-0.05, 0) is 23.8 Å². The molecule has 1 aliphatic heterocycles. The van der Waals surface area contributed by atoms with Crippen molar-refractivity contribution in [2.75, 3.05) is 12.2 Å². The molecule has 0 aliphatic carbocycles. The first-order chi connectivity index (χ1) is 8.88. The number of benzene rings is 2. The Kier molecular flexibility index (Phi) is 2.76. The molecule has 0 spiro atoms. The average molecular weight is 235 g/mol. The smallest absolute Gasteiger partial charge is 0.0797 e. The van der Waals surface area contributed by atoms with Crippen LogP contribution in [0.2, 0.25) is 0 Å². The van der Waals surface area contributed by atoms with Gasteiger partial charge in [0, 0.05) is 5.56 Å². The van der Waals surface area contributed by atoms with Crippen molar-refractivity contribution in [3.8, 4) is 11.8 Å². The molecule has 0 fully saturated rings. The fourth-order valence-corrected chi connectivity index (χ4v) is 2.11. The second-order valence-electron chi connectivity index (χ2n) is 4.14. The third-order valence-corrected chi connectivity index (χ3v) is 3.06. The van der Waals surface area contributed by atoms with Gasteiger partial charge in [-0.15, -0.1) is 0 Å². The molecule has 0 amide bonds. The maximum atomic E-state index is 5.48. The zero-order valence-electron chi connectivity index (χ0n) is 10.2. The van der Waals surface area contributed by atoms with E-state index in [9.17, 15) is 0 Å². The molecule has 2 heteroatoms. The molecule has 2 nitrogen and oxygen atoms in total. The fourth-order valence-electron chi connectivity index (χ4n) is 2.11. The van der Waals surface area contributed by atoms with Gasteiger partial charge in [-0.25, -0.2) is 5.06 Å². The third-order valence-electron chi connectivity index (χ3n) is 3.06. The number of hydroxylamine groups is 1. The first kappa shape index (κ1) is 10.9. The molecule has 18 heavy (non-hydrogen) atoms. The molecule has 3 rings (SSSR count). The number of para-hydroxylation sites is 1. The van der Waals surface area contributed by atoms with Crippen LogP contribution in [-0.2, 0) is 11.4 Å². The van der Waals surface area contributed by atoms with Crippen LogP contribution in [0, 0.1) is 11.8 Å². The largest absolute Gasteiger partial charge is 0.276 e. The Balaban J connectivity index is 2.19. The van der Waals surface area contributed by atoms with E-state index in [0.29, 0.717) is 6.54 Å². The Labute approximate surface area is 107 Å². The number of hydrogen-bond donors (Lipinski definition) is 0. The van der Waals surface area contributed by atoms with Crippen molar-refractivity contribution in [1.29, 1.82) is 0 Å². The molecule has 0 saturated heterocycles. The maximum Gasteiger partial charge on any atom is 0.0797 e. The van der Waals surface area contributed by atoms with Gasteiger partial charge in [-0.3, -0.25) is 4.84 Å². The van der Waals surface area contributed by atoms with E-state index in [0.717, 1.165) is 16.8 Å². The highest BCUT2D eigenvalue weighted by Crippen LogP contribution is 2.24. The summed E-state index contributed by atoms with van der Waals surface area (Å²) in [6.07, 6.45) is 0. The highest BCUT2D eigenvalue weighted by molar-refractivity contribution is 5.63.